The van der Waals surface area contributed by atoms with Crippen molar-refractivity contribution < 1.29 is 18.7 Å². The number of amides is 2. The maximum absolute atomic E-state index is 12.1. The van der Waals surface area contributed by atoms with Crippen molar-refractivity contribution in [1.82, 2.24) is 0 Å². The average Bonchev–Trinajstić information content (AvgIpc) is 3.16. The zero-order valence-electron chi connectivity index (χ0n) is 13.9. The van der Waals surface area contributed by atoms with E-state index in [-0.39, 0.29) is 24.2 Å². The number of carbonyl (C=O) groups excluding carboxylic acids is 2. The van der Waals surface area contributed by atoms with Crippen LogP contribution in [0.5, 0.6) is 5.75 Å². The SMILES string of the molecule is O=C(COc1ccc(Br)cc1Br)Nc1cccc(NC(=O)c2ccco2)c1. The molecule has 0 aliphatic rings. The van der Waals surface area contributed by atoms with Gasteiger partial charge in [0.05, 0.1) is 10.7 Å². The second-order valence-electron chi connectivity index (χ2n) is 5.42. The lowest BCUT2D eigenvalue weighted by Crippen LogP contribution is -2.20. The number of benzene rings is 2. The van der Waals surface area contributed by atoms with Gasteiger partial charge in [0.25, 0.3) is 11.8 Å². The molecule has 6 nitrogen and oxygen atoms in total. The number of nitrogens with one attached hydrogen (secondary N) is 2. The Morgan fingerprint density at radius 2 is 1.74 bits per heavy atom. The van der Waals surface area contributed by atoms with Gasteiger partial charge in [-0.2, -0.15) is 0 Å². The Labute approximate surface area is 172 Å². The van der Waals surface area contributed by atoms with E-state index in [2.05, 4.69) is 42.5 Å². The summed E-state index contributed by atoms with van der Waals surface area (Å²) in [6, 6.07) is 15.4. The molecular weight excluding hydrogens is 480 g/mol. The molecule has 0 atom stereocenters. The number of furan rings is 1. The van der Waals surface area contributed by atoms with Crippen LogP contribution in [-0.4, -0.2) is 18.4 Å². The van der Waals surface area contributed by atoms with Crippen LogP contribution in [0.15, 0.2) is 74.2 Å². The van der Waals surface area contributed by atoms with Crippen molar-refractivity contribution in [2.75, 3.05) is 17.2 Å². The molecule has 2 aromatic carbocycles. The predicted molar refractivity (Wildman–Crippen MR) is 109 cm³/mol. The van der Waals surface area contributed by atoms with Gasteiger partial charge in [0.2, 0.25) is 0 Å². The van der Waals surface area contributed by atoms with Crippen molar-refractivity contribution in [2.24, 2.45) is 0 Å². The zero-order chi connectivity index (χ0) is 19.2. The van der Waals surface area contributed by atoms with Crippen LogP contribution in [-0.2, 0) is 4.79 Å². The van der Waals surface area contributed by atoms with Gasteiger partial charge >= 0.3 is 0 Å². The molecule has 1 heterocycles. The summed E-state index contributed by atoms with van der Waals surface area (Å²) in [6.07, 6.45) is 1.43. The van der Waals surface area contributed by atoms with Gasteiger partial charge in [-0.05, 0) is 64.5 Å². The van der Waals surface area contributed by atoms with Crippen LogP contribution in [0.3, 0.4) is 0 Å². The second-order valence-corrected chi connectivity index (χ2v) is 7.19. The minimum Gasteiger partial charge on any atom is -0.483 e. The third-order valence-corrected chi connectivity index (χ3v) is 4.51. The first-order chi connectivity index (χ1) is 13.0. The number of halogens is 2. The lowest BCUT2D eigenvalue weighted by atomic mass is 10.2. The molecule has 2 N–H and O–H groups in total. The summed E-state index contributed by atoms with van der Waals surface area (Å²) in [4.78, 5) is 24.1. The monoisotopic (exact) mass is 492 g/mol. The lowest BCUT2D eigenvalue weighted by Gasteiger charge is -2.10. The first-order valence-electron chi connectivity index (χ1n) is 7.84. The number of ether oxygens (including phenoxy) is 1. The highest BCUT2D eigenvalue weighted by Gasteiger charge is 2.10. The maximum atomic E-state index is 12.1. The second kappa shape index (κ2) is 8.88. The summed E-state index contributed by atoms with van der Waals surface area (Å²) in [7, 11) is 0. The molecule has 0 bridgehead atoms. The van der Waals surface area contributed by atoms with Crippen molar-refractivity contribution in [2.45, 2.75) is 0 Å². The van der Waals surface area contributed by atoms with Gasteiger partial charge in [-0.1, -0.05) is 22.0 Å². The topological polar surface area (TPSA) is 80.6 Å². The summed E-state index contributed by atoms with van der Waals surface area (Å²) in [6.45, 7) is -0.150. The Hall–Kier alpha value is -2.58. The van der Waals surface area contributed by atoms with Crippen LogP contribution in [0.25, 0.3) is 0 Å². The molecule has 0 fully saturated rings. The Morgan fingerprint density at radius 1 is 0.963 bits per heavy atom. The number of rotatable bonds is 6. The lowest BCUT2D eigenvalue weighted by molar-refractivity contribution is -0.118. The van der Waals surface area contributed by atoms with Crippen molar-refractivity contribution in [3.8, 4) is 5.75 Å². The number of carbonyl (C=O) groups is 2. The Balaban J connectivity index is 1.57. The number of hydrogen-bond acceptors (Lipinski definition) is 4. The molecule has 0 spiro atoms. The fourth-order valence-electron chi connectivity index (χ4n) is 2.21. The molecule has 0 unspecified atom stereocenters. The molecule has 27 heavy (non-hydrogen) atoms. The molecule has 3 rings (SSSR count). The van der Waals surface area contributed by atoms with E-state index in [1.165, 1.54) is 6.26 Å². The van der Waals surface area contributed by atoms with E-state index < -0.39 is 0 Å². The van der Waals surface area contributed by atoms with E-state index in [1.54, 1.807) is 42.5 Å². The first-order valence-corrected chi connectivity index (χ1v) is 9.42. The smallest absolute Gasteiger partial charge is 0.291 e. The Bertz CT molecular complexity index is 958. The third-order valence-electron chi connectivity index (χ3n) is 3.40. The summed E-state index contributed by atoms with van der Waals surface area (Å²) < 4.78 is 12.2. The van der Waals surface area contributed by atoms with Crippen molar-refractivity contribution in [3.63, 3.8) is 0 Å². The van der Waals surface area contributed by atoms with Crippen LogP contribution in [0.1, 0.15) is 10.6 Å². The summed E-state index contributed by atoms with van der Waals surface area (Å²) in [5.41, 5.74) is 1.07. The standard InChI is InChI=1S/C19H14Br2N2O4/c20-12-6-7-16(15(21)9-12)27-11-18(24)22-13-3-1-4-14(10-13)23-19(25)17-5-2-8-26-17/h1-10H,11H2,(H,22,24)(H,23,25). The van der Waals surface area contributed by atoms with Crippen LogP contribution in [0.4, 0.5) is 11.4 Å². The predicted octanol–water partition coefficient (Wildman–Crippen LogP) is 5.07. The fraction of sp³-hybridized carbons (Fsp3) is 0.0526. The van der Waals surface area contributed by atoms with E-state index in [1.807, 2.05) is 12.1 Å². The first kappa shape index (κ1) is 19.2. The van der Waals surface area contributed by atoms with E-state index in [4.69, 9.17) is 9.15 Å². The highest BCUT2D eigenvalue weighted by Crippen LogP contribution is 2.28. The molecule has 0 aliphatic carbocycles. The highest BCUT2D eigenvalue weighted by atomic mass is 79.9. The van der Waals surface area contributed by atoms with Gasteiger partial charge in [0, 0.05) is 15.8 Å². The van der Waals surface area contributed by atoms with E-state index in [0.717, 1.165) is 8.95 Å². The average molecular weight is 494 g/mol. The zero-order valence-corrected chi connectivity index (χ0v) is 17.0. The molecule has 138 valence electrons. The van der Waals surface area contributed by atoms with Gasteiger partial charge in [-0.15, -0.1) is 0 Å². The maximum Gasteiger partial charge on any atom is 0.291 e. The van der Waals surface area contributed by atoms with Gasteiger partial charge < -0.3 is 19.8 Å². The molecule has 8 heteroatoms. The third kappa shape index (κ3) is 5.45. The van der Waals surface area contributed by atoms with Gasteiger partial charge in [-0.25, -0.2) is 0 Å². The molecular formula is C19H14Br2N2O4. The van der Waals surface area contributed by atoms with Crippen molar-refractivity contribution in [1.29, 1.82) is 0 Å². The highest BCUT2D eigenvalue weighted by molar-refractivity contribution is 9.11. The molecule has 0 aliphatic heterocycles. The van der Waals surface area contributed by atoms with E-state index >= 15 is 0 Å². The van der Waals surface area contributed by atoms with Crippen LogP contribution < -0.4 is 15.4 Å². The van der Waals surface area contributed by atoms with Gasteiger partial charge in [-0.3, -0.25) is 9.59 Å². The molecule has 0 saturated heterocycles. The van der Waals surface area contributed by atoms with E-state index in [0.29, 0.717) is 17.1 Å². The minimum absolute atomic E-state index is 0.150. The summed E-state index contributed by atoms with van der Waals surface area (Å²) in [5.74, 6) is 0.0805. The fourth-order valence-corrected chi connectivity index (χ4v) is 3.37. The van der Waals surface area contributed by atoms with Gasteiger partial charge in [0.15, 0.2) is 12.4 Å². The molecule has 0 radical (unpaired) electrons. The molecule has 2 amide bonds. The van der Waals surface area contributed by atoms with Crippen molar-refractivity contribution >= 4 is 55.0 Å². The Morgan fingerprint density at radius 3 is 2.44 bits per heavy atom. The van der Waals surface area contributed by atoms with E-state index in [9.17, 15) is 9.59 Å². The summed E-state index contributed by atoms with van der Waals surface area (Å²) >= 11 is 6.73. The largest absolute Gasteiger partial charge is 0.483 e. The van der Waals surface area contributed by atoms with Crippen LogP contribution in [0, 0.1) is 0 Å². The number of anilines is 2. The van der Waals surface area contributed by atoms with Crippen LogP contribution in [0.2, 0.25) is 0 Å². The molecule has 1 aromatic heterocycles. The summed E-state index contributed by atoms with van der Waals surface area (Å²) in [5, 5.41) is 5.43. The Kier molecular flexibility index (Phi) is 6.31. The quantitative estimate of drug-likeness (QED) is 0.502. The normalized spacial score (nSPS) is 10.3. The molecule has 3 aromatic rings. The van der Waals surface area contributed by atoms with Crippen LogP contribution >= 0.6 is 31.9 Å². The number of hydrogen-bond donors (Lipinski definition) is 2. The van der Waals surface area contributed by atoms with Crippen molar-refractivity contribution in [3.05, 3.63) is 75.6 Å². The minimum atomic E-state index is -0.369. The molecule has 0 saturated carbocycles. The van der Waals surface area contributed by atoms with Gasteiger partial charge in [0.1, 0.15) is 5.75 Å².